The van der Waals surface area contributed by atoms with Crippen molar-refractivity contribution in [2.45, 2.75) is 0 Å². The van der Waals surface area contributed by atoms with E-state index in [1.165, 1.54) is 23.7 Å². The molecule has 0 unspecified atom stereocenters. The van der Waals surface area contributed by atoms with E-state index >= 15 is 0 Å². The molecule has 0 aliphatic heterocycles. The van der Waals surface area contributed by atoms with Gasteiger partial charge in [-0.2, -0.15) is 4.73 Å². The molecule has 6 nitrogen and oxygen atoms in total. The Bertz CT molecular complexity index is 832. The van der Waals surface area contributed by atoms with Gasteiger partial charge in [0, 0.05) is 22.7 Å². The summed E-state index contributed by atoms with van der Waals surface area (Å²) in [6.07, 6.45) is 2.89. The van der Waals surface area contributed by atoms with Gasteiger partial charge in [0.05, 0.1) is 11.3 Å². The number of rotatable bonds is 4. The molecule has 110 valence electrons. The van der Waals surface area contributed by atoms with Crippen LogP contribution in [0.3, 0.4) is 0 Å². The molecule has 0 bridgehead atoms. The van der Waals surface area contributed by atoms with Gasteiger partial charge in [0.15, 0.2) is 17.5 Å². The molecule has 7 heteroatoms. The minimum atomic E-state index is -0.479. The van der Waals surface area contributed by atoms with E-state index in [4.69, 9.17) is 5.73 Å². The first-order valence-corrected chi connectivity index (χ1v) is 7.31. The number of carbonyl (C=O) groups is 1. The molecule has 0 radical (unpaired) electrons. The summed E-state index contributed by atoms with van der Waals surface area (Å²) in [6.45, 7) is 0. The van der Waals surface area contributed by atoms with Gasteiger partial charge in [-0.1, -0.05) is 6.07 Å². The van der Waals surface area contributed by atoms with E-state index in [1.807, 2.05) is 17.5 Å². The SMILES string of the molecule is NC(=O)c1cccc(Nc2nc(-c3ccc[n+]([O-])c3)cs2)c1. The van der Waals surface area contributed by atoms with Gasteiger partial charge in [0.2, 0.25) is 5.91 Å². The van der Waals surface area contributed by atoms with Crippen LogP contribution in [0.15, 0.2) is 54.2 Å². The van der Waals surface area contributed by atoms with E-state index in [0.29, 0.717) is 16.4 Å². The Hall–Kier alpha value is -2.93. The van der Waals surface area contributed by atoms with Crippen LogP contribution in [0.2, 0.25) is 0 Å². The Balaban J connectivity index is 1.83. The van der Waals surface area contributed by atoms with Crippen LogP contribution in [0.25, 0.3) is 11.3 Å². The number of aromatic nitrogens is 2. The van der Waals surface area contributed by atoms with Gasteiger partial charge in [-0.15, -0.1) is 11.3 Å². The Morgan fingerprint density at radius 3 is 2.95 bits per heavy atom. The highest BCUT2D eigenvalue weighted by atomic mass is 32.1. The van der Waals surface area contributed by atoms with E-state index < -0.39 is 5.91 Å². The van der Waals surface area contributed by atoms with Crippen molar-refractivity contribution >= 4 is 28.1 Å². The van der Waals surface area contributed by atoms with Gasteiger partial charge >= 0.3 is 0 Å². The van der Waals surface area contributed by atoms with Crippen molar-refractivity contribution in [1.82, 2.24) is 4.98 Å². The molecule has 2 heterocycles. The molecule has 0 saturated carbocycles. The van der Waals surface area contributed by atoms with Crippen LogP contribution >= 0.6 is 11.3 Å². The maximum Gasteiger partial charge on any atom is 0.248 e. The second-order valence-electron chi connectivity index (χ2n) is 4.56. The Kier molecular flexibility index (Phi) is 3.71. The molecule has 3 rings (SSSR count). The summed E-state index contributed by atoms with van der Waals surface area (Å²) in [5, 5.41) is 16.9. The summed E-state index contributed by atoms with van der Waals surface area (Å²) >= 11 is 1.41. The first-order valence-electron chi connectivity index (χ1n) is 6.43. The van der Waals surface area contributed by atoms with Crippen LogP contribution in [-0.4, -0.2) is 10.9 Å². The number of nitrogens with one attached hydrogen (secondary N) is 1. The fourth-order valence-electron chi connectivity index (χ4n) is 1.94. The van der Waals surface area contributed by atoms with Gasteiger partial charge in [-0.3, -0.25) is 4.79 Å². The third-order valence-corrected chi connectivity index (χ3v) is 3.73. The topological polar surface area (TPSA) is 95.0 Å². The zero-order valence-electron chi connectivity index (χ0n) is 11.4. The number of nitrogens with two attached hydrogens (primary N) is 1. The second kappa shape index (κ2) is 5.82. The maximum absolute atomic E-state index is 11.3. The first-order chi connectivity index (χ1) is 10.6. The van der Waals surface area contributed by atoms with Crippen molar-refractivity contribution in [3.8, 4) is 11.3 Å². The molecule has 3 aromatic rings. The fourth-order valence-corrected chi connectivity index (χ4v) is 2.68. The van der Waals surface area contributed by atoms with Crippen LogP contribution in [0, 0.1) is 5.21 Å². The second-order valence-corrected chi connectivity index (χ2v) is 5.42. The lowest BCUT2D eigenvalue weighted by Crippen LogP contribution is -2.23. The van der Waals surface area contributed by atoms with Gasteiger partial charge < -0.3 is 16.3 Å². The highest BCUT2D eigenvalue weighted by Gasteiger charge is 2.08. The third-order valence-electron chi connectivity index (χ3n) is 2.97. The minimum absolute atomic E-state index is 0.428. The van der Waals surface area contributed by atoms with Gasteiger partial charge in [-0.05, 0) is 24.3 Å². The highest BCUT2D eigenvalue weighted by Crippen LogP contribution is 2.26. The van der Waals surface area contributed by atoms with Crippen molar-refractivity contribution in [1.29, 1.82) is 0 Å². The molecule has 0 saturated heterocycles. The Labute approximate surface area is 130 Å². The highest BCUT2D eigenvalue weighted by molar-refractivity contribution is 7.14. The summed E-state index contributed by atoms with van der Waals surface area (Å²) in [6, 6.07) is 10.4. The zero-order chi connectivity index (χ0) is 15.5. The maximum atomic E-state index is 11.3. The average Bonchev–Trinajstić information content (AvgIpc) is 2.96. The number of thiazole rings is 1. The predicted octanol–water partition coefficient (Wildman–Crippen LogP) is 2.29. The molecule has 22 heavy (non-hydrogen) atoms. The predicted molar refractivity (Wildman–Crippen MR) is 84.8 cm³/mol. The number of nitrogens with zero attached hydrogens (tertiary/aromatic N) is 2. The van der Waals surface area contributed by atoms with Crippen LogP contribution in [0.5, 0.6) is 0 Å². The molecule has 0 fully saturated rings. The number of anilines is 2. The van der Waals surface area contributed by atoms with Crippen LogP contribution < -0.4 is 15.8 Å². The minimum Gasteiger partial charge on any atom is -0.619 e. The molecule has 1 amide bonds. The largest absolute Gasteiger partial charge is 0.619 e. The van der Waals surface area contributed by atoms with Gasteiger partial charge in [0.1, 0.15) is 0 Å². The summed E-state index contributed by atoms with van der Waals surface area (Å²) in [5.74, 6) is -0.479. The molecule has 1 aromatic carbocycles. The van der Waals surface area contributed by atoms with E-state index in [9.17, 15) is 10.0 Å². The monoisotopic (exact) mass is 312 g/mol. The van der Waals surface area contributed by atoms with E-state index in [2.05, 4.69) is 10.3 Å². The number of amides is 1. The normalized spacial score (nSPS) is 10.4. The number of pyridine rings is 1. The van der Waals surface area contributed by atoms with Crippen LogP contribution in [0.1, 0.15) is 10.4 Å². The van der Waals surface area contributed by atoms with Crippen molar-refractivity contribution < 1.29 is 9.52 Å². The number of primary amides is 1. The first kappa shape index (κ1) is 14.0. The van der Waals surface area contributed by atoms with Gasteiger partial charge in [-0.25, -0.2) is 4.98 Å². The Morgan fingerprint density at radius 2 is 2.18 bits per heavy atom. The lowest BCUT2D eigenvalue weighted by molar-refractivity contribution is -0.604. The summed E-state index contributed by atoms with van der Waals surface area (Å²) in [4.78, 5) is 15.6. The van der Waals surface area contributed by atoms with Crippen molar-refractivity contribution in [3.63, 3.8) is 0 Å². The fraction of sp³-hybridized carbons (Fsp3) is 0. The van der Waals surface area contributed by atoms with Crippen LogP contribution in [-0.2, 0) is 0 Å². The summed E-state index contributed by atoms with van der Waals surface area (Å²) in [5.41, 5.74) is 7.87. The lowest BCUT2D eigenvalue weighted by atomic mass is 10.2. The third kappa shape index (κ3) is 3.04. The smallest absolute Gasteiger partial charge is 0.248 e. The average molecular weight is 312 g/mol. The van der Waals surface area contributed by atoms with Crippen molar-refractivity contribution in [2.75, 3.05) is 5.32 Å². The number of hydrogen-bond donors (Lipinski definition) is 2. The lowest BCUT2D eigenvalue weighted by Gasteiger charge is -2.03. The van der Waals surface area contributed by atoms with E-state index in [0.717, 1.165) is 16.0 Å². The molecular formula is C15H12N4O2S. The summed E-state index contributed by atoms with van der Waals surface area (Å²) in [7, 11) is 0. The van der Waals surface area contributed by atoms with Crippen molar-refractivity contribution in [2.24, 2.45) is 5.73 Å². The molecule has 3 N–H and O–H groups in total. The summed E-state index contributed by atoms with van der Waals surface area (Å²) < 4.78 is 0.734. The molecule has 2 aromatic heterocycles. The van der Waals surface area contributed by atoms with Crippen molar-refractivity contribution in [3.05, 3.63) is 64.9 Å². The van der Waals surface area contributed by atoms with Gasteiger partial charge in [0.25, 0.3) is 0 Å². The molecule has 0 aliphatic carbocycles. The quantitative estimate of drug-likeness (QED) is 0.571. The molecular weight excluding hydrogens is 300 g/mol. The van der Waals surface area contributed by atoms with E-state index in [-0.39, 0.29) is 0 Å². The number of benzene rings is 1. The van der Waals surface area contributed by atoms with Crippen LogP contribution in [0.4, 0.5) is 10.8 Å². The molecule has 0 spiro atoms. The molecule has 0 atom stereocenters. The molecule has 0 aliphatic rings. The number of hydrogen-bond acceptors (Lipinski definition) is 5. The number of carbonyl (C=O) groups excluding carboxylic acids is 1. The zero-order valence-corrected chi connectivity index (χ0v) is 12.2. The van der Waals surface area contributed by atoms with E-state index in [1.54, 1.807) is 24.3 Å². The Morgan fingerprint density at radius 1 is 1.32 bits per heavy atom. The standard InChI is InChI=1S/C15H12N4O2S/c16-14(20)10-3-1-5-12(7-10)17-15-18-13(9-22-15)11-4-2-6-19(21)8-11/h1-9H,(H2,16,20)(H,17,18).